The van der Waals surface area contributed by atoms with Crippen molar-refractivity contribution < 1.29 is 23.1 Å². The Morgan fingerprint density at radius 2 is 2.00 bits per heavy atom. The summed E-state index contributed by atoms with van der Waals surface area (Å²) in [6.07, 6.45) is 2.52. The summed E-state index contributed by atoms with van der Waals surface area (Å²) in [5.41, 5.74) is -3.08. The van der Waals surface area contributed by atoms with E-state index >= 15 is 0 Å². The molecule has 1 atom stereocenters. The van der Waals surface area contributed by atoms with Gasteiger partial charge in [-0.05, 0) is 18.2 Å². The van der Waals surface area contributed by atoms with Crippen LogP contribution in [0, 0.1) is 11.6 Å². The van der Waals surface area contributed by atoms with Gasteiger partial charge in [0.15, 0.2) is 0 Å². The number of rotatable bonds is 6. The molecule has 0 aliphatic heterocycles. The highest BCUT2D eigenvalue weighted by molar-refractivity contribution is 5.96. The molecule has 0 saturated heterocycles. The molecule has 0 radical (unpaired) electrons. The van der Waals surface area contributed by atoms with Crippen LogP contribution in [-0.2, 0) is 12.1 Å². The van der Waals surface area contributed by atoms with Crippen molar-refractivity contribution in [3.63, 3.8) is 0 Å². The fourth-order valence-corrected chi connectivity index (χ4v) is 3.23. The third-order valence-electron chi connectivity index (χ3n) is 4.75. The second-order valence-corrected chi connectivity index (χ2v) is 6.92. The van der Waals surface area contributed by atoms with Gasteiger partial charge >= 0.3 is 5.63 Å². The molecule has 0 spiro atoms. The molecule has 8 nitrogen and oxygen atoms in total. The van der Waals surface area contributed by atoms with E-state index < -0.39 is 35.3 Å². The number of para-hydroxylation sites is 1. The van der Waals surface area contributed by atoms with Crippen LogP contribution in [-0.4, -0.2) is 32.3 Å². The molecule has 2 N–H and O–H groups in total. The van der Waals surface area contributed by atoms with Crippen LogP contribution in [0.5, 0.6) is 0 Å². The van der Waals surface area contributed by atoms with E-state index in [1.807, 2.05) is 0 Å². The number of aliphatic hydroxyl groups is 1. The van der Waals surface area contributed by atoms with Gasteiger partial charge in [0.1, 0.15) is 41.0 Å². The van der Waals surface area contributed by atoms with Crippen molar-refractivity contribution in [2.75, 3.05) is 6.54 Å². The van der Waals surface area contributed by atoms with Crippen LogP contribution in [0.1, 0.15) is 15.9 Å². The Bertz CT molecular complexity index is 1310. The number of nitrogens with zero attached hydrogens (tertiary/aromatic N) is 3. The molecule has 158 valence electrons. The normalized spacial score (nSPS) is 13.1. The Morgan fingerprint density at radius 3 is 2.74 bits per heavy atom. The molecule has 2 heterocycles. The standard InChI is InChI=1S/C21H16F2N4O4/c22-14-5-6-16(17(23)8-14)21(30,10-27-12-24-11-26-27)9-25-19(28)15-7-13-3-1-2-4-18(13)31-20(15)29/h1-8,11-12,30H,9-10H2,(H,25,28). The lowest BCUT2D eigenvalue weighted by Crippen LogP contribution is -2.45. The van der Waals surface area contributed by atoms with E-state index in [-0.39, 0.29) is 17.7 Å². The zero-order chi connectivity index (χ0) is 22.0. The highest BCUT2D eigenvalue weighted by Gasteiger charge is 2.34. The van der Waals surface area contributed by atoms with Gasteiger partial charge < -0.3 is 14.8 Å². The van der Waals surface area contributed by atoms with Crippen molar-refractivity contribution >= 4 is 16.9 Å². The number of hydrogen-bond acceptors (Lipinski definition) is 6. The number of nitrogens with one attached hydrogen (secondary N) is 1. The maximum absolute atomic E-state index is 14.4. The maximum atomic E-state index is 14.4. The molecule has 0 aliphatic carbocycles. The highest BCUT2D eigenvalue weighted by Crippen LogP contribution is 2.26. The van der Waals surface area contributed by atoms with Crippen molar-refractivity contribution in [1.29, 1.82) is 0 Å². The van der Waals surface area contributed by atoms with Gasteiger partial charge in [0.2, 0.25) is 0 Å². The first-order valence-electron chi connectivity index (χ1n) is 9.17. The molecule has 0 aliphatic rings. The Hall–Kier alpha value is -3.92. The lowest BCUT2D eigenvalue weighted by Gasteiger charge is -2.29. The minimum atomic E-state index is -2.02. The minimum absolute atomic E-state index is 0.254. The number of benzene rings is 2. The van der Waals surface area contributed by atoms with Gasteiger partial charge in [-0.3, -0.25) is 4.79 Å². The largest absolute Gasteiger partial charge is 0.422 e. The summed E-state index contributed by atoms with van der Waals surface area (Å²) in [6.45, 7) is -0.789. The molecule has 1 amide bonds. The van der Waals surface area contributed by atoms with E-state index in [1.165, 1.54) is 23.4 Å². The number of carbonyl (C=O) groups excluding carboxylic acids is 1. The number of carbonyl (C=O) groups is 1. The number of halogens is 2. The zero-order valence-electron chi connectivity index (χ0n) is 16.0. The Labute approximate surface area is 173 Å². The van der Waals surface area contributed by atoms with E-state index in [2.05, 4.69) is 15.4 Å². The topological polar surface area (TPSA) is 110 Å². The van der Waals surface area contributed by atoms with Crippen LogP contribution >= 0.6 is 0 Å². The third-order valence-corrected chi connectivity index (χ3v) is 4.75. The van der Waals surface area contributed by atoms with Crippen LogP contribution < -0.4 is 10.9 Å². The van der Waals surface area contributed by atoms with Gasteiger partial charge in [-0.25, -0.2) is 23.2 Å². The van der Waals surface area contributed by atoms with Crippen molar-refractivity contribution in [2.24, 2.45) is 0 Å². The van der Waals surface area contributed by atoms with Crippen LogP contribution in [0.15, 0.2) is 70.4 Å². The molecular formula is C21H16F2N4O4. The van der Waals surface area contributed by atoms with Gasteiger partial charge in [0.25, 0.3) is 5.91 Å². The van der Waals surface area contributed by atoms with Crippen LogP contribution in [0.4, 0.5) is 8.78 Å². The zero-order valence-corrected chi connectivity index (χ0v) is 16.0. The fraction of sp³-hybridized carbons (Fsp3) is 0.143. The molecule has 2 aromatic heterocycles. The maximum Gasteiger partial charge on any atom is 0.349 e. The SMILES string of the molecule is O=C(NCC(O)(Cn1cncn1)c1ccc(F)cc1F)c1cc2ccccc2oc1=O. The van der Waals surface area contributed by atoms with Crippen LogP contribution in [0.3, 0.4) is 0 Å². The molecular weight excluding hydrogens is 410 g/mol. The third kappa shape index (κ3) is 4.19. The van der Waals surface area contributed by atoms with Gasteiger partial charge in [-0.1, -0.05) is 24.3 Å². The van der Waals surface area contributed by atoms with Gasteiger partial charge in [0, 0.05) is 17.0 Å². The summed E-state index contributed by atoms with van der Waals surface area (Å²) in [4.78, 5) is 28.6. The summed E-state index contributed by atoms with van der Waals surface area (Å²) >= 11 is 0. The smallest absolute Gasteiger partial charge is 0.349 e. The molecule has 2 aromatic carbocycles. The van der Waals surface area contributed by atoms with E-state index in [0.29, 0.717) is 17.0 Å². The van der Waals surface area contributed by atoms with E-state index in [0.717, 1.165) is 12.1 Å². The van der Waals surface area contributed by atoms with Gasteiger partial charge in [0.05, 0.1) is 13.1 Å². The van der Waals surface area contributed by atoms with Crippen molar-refractivity contribution in [3.8, 4) is 0 Å². The monoisotopic (exact) mass is 426 g/mol. The number of aromatic nitrogens is 3. The van der Waals surface area contributed by atoms with Crippen molar-refractivity contribution in [1.82, 2.24) is 20.1 Å². The first-order chi connectivity index (χ1) is 14.9. The van der Waals surface area contributed by atoms with Gasteiger partial charge in [-0.2, -0.15) is 5.10 Å². The second kappa shape index (κ2) is 8.07. The van der Waals surface area contributed by atoms with E-state index in [4.69, 9.17) is 4.42 Å². The summed E-state index contributed by atoms with van der Waals surface area (Å²) < 4.78 is 34.2. The predicted molar refractivity (Wildman–Crippen MR) is 105 cm³/mol. The molecule has 0 bridgehead atoms. The van der Waals surface area contributed by atoms with Gasteiger partial charge in [-0.15, -0.1) is 0 Å². The van der Waals surface area contributed by atoms with E-state index in [1.54, 1.807) is 24.3 Å². The summed E-state index contributed by atoms with van der Waals surface area (Å²) in [5, 5.41) is 18.0. The summed E-state index contributed by atoms with van der Waals surface area (Å²) in [6, 6.07) is 10.7. The number of fused-ring (bicyclic) bond motifs is 1. The summed E-state index contributed by atoms with van der Waals surface area (Å²) in [7, 11) is 0. The Kier molecular flexibility index (Phi) is 5.30. The molecule has 0 saturated carbocycles. The fourth-order valence-electron chi connectivity index (χ4n) is 3.23. The van der Waals surface area contributed by atoms with Crippen LogP contribution in [0.25, 0.3) is 11.0 Å². The molecule has 4 rings (SSSR count). The Morgan fingerprint density at radius 1 is 1.19 bits per heavy atom. The quantitative estimate of drug-likeness (QED) is 0.456. The Balaban J connectivity index is 1.64. The first-order valence-corrected chi connectivity index (χ1v) is 9.17. The molecule has 10 heteroatoms. The average molecular weight is 426 g/mol. The molecule has 0 fully saturated rings. The highest BCUT2D eigenvalue weighted by atomic mass is 19.1. The number of amides is 1. The minimum Gasteiger partial charge on any atom is -0.422 e. The van der Waals surface area contributed by atoms with Crippen molar-refractivity contribution in [2.45, 2.75) is 12.1 Å². The average Bonchev–Trinajstić information content (AvgIpc) is 3.24. The lowest BCUT2D eigenvalue weighted by molar-refractivity contribution is 0.0120. The predicted octanol–water partition coefficient (Wildman–Crippen LogP) is 1.98. The first kappa shape index (κ1) is 20.4. The van der Waals surface area contributed by atoms with Crippen LogP contribution in [0.2, 0.25) is 0 Å². The number of hydrogen-bond donors (Lipinski definition) is 2. The van der Waals surface area contributed by atoms with E-state index in [9.17, 15) is 23.5 Å². The summed E-state index contributed by atoms with van der Waals surface area (Å²) in [5.74, 6) is -2.64. The molecule has 31 heavy (non-hydrogen) atoms. The van der Waals surface area contributed by atoms with Crippen molar-refractivity contribution in [3.05, 3.63) is 94.4 Å². The second-order valence-electron chi connectivity index (χ2n) is 6.92. The molecule has 4 aromatic rings. The molecule has 1 unspecified atom stereocenters. The lowest BCUT2D eigenvalue weighted by atomic mass is 9.92.